The van der Waals surface area contributed by atoms with Crippen molar-refractivity contribution in [2.24, 2.45) is 0 Å². The number of likely N-dealkylation sites (N-methyl/N-ethyl adjacent to an activating group) is 1. The largest absolute Gasteiger partial charge is 0.308 e. The third kappa shape index (κ3) is 4.28. The summed E-state index contributed by atoms with van der Waals surface area (Å²) in [5.41, 5.74) is 4.16. The molecule has 2 heterocycles. The molecule has 8 heteroatoms. The lowest BCUT2D eigenvalue weighted by Gasteiger charge is -2.22. The summed E-state index contributed by atoms with van der Waals surface area (Å²) in [4.78, 5) is 47.2. The number of carbonyl (C=O) groups is 3. The van der Waals surface area contributed by atoms with Crippen LogP contribution in [0.2, 0.25) is 0 Å². The normalized spacial score (nSPS) is 14.1. The van der Waals surface area contributed by atoms with Crippen molar-refractivity contribution in [1.29, 1.82) is 0 Å². The van der Waals surface area contributed by atoms with Crippen molar-refractivity contribution in [3.8, 4) is 0 Å². The minimum atomic E-state index is -0.207. The molecule has 0 unspecified atom stereocenters. The monoisotopic (exact) mass is 450 g/mol. The van der Waals surface area contributed by atoms with Gasteiger partial charge in [0, 0.05) is 31.5 Å². The van der Waals surface area contributed by atoms with Crippen LogP contribution < -0.4 is 9.80 Å². The van der Waals surface area contributed by atoms with Crippen molar-refractivity contribution in [3.63, 3.8) is 0 Å². The Morgan fingerprint density at radius 3 is 2.31 bits per heavy atom. The first-order valence-electron chi connectivity index (χ1n) is 10.5. The average molecular weight is 451 g/mol. The number of thiazole rings is 1. The molecule has 2 aromatic carbocycles. The van der Waals surface area contributed by atoms with Gasteiger partial charge in [-0.25, -0.2) is 4.98 Å². The van der Waals surface area contributed by atoms with Crippen LogP contribution in [0.25, 0.3) is 10.2 Å². The molecule has 0 N–H and O–H groups in total. The van der Waals surface area contributed by atoms with Crippen molar-refractivity contribution in [1.82, 2.24) is 9.88 Å². The highest BCUT2D eigenvalue weighted by atomic mass is 32.1. The number of hydrogen-bond acceptors (Lipinski definition) is 6. The number of aryl methyl sites for hydroxylation is 2. The van der Waals surface area contributed by atoms with E-state index in [1.165, 1.54) is 16.2 Å². The van der Waals surface area contributed by atoms with Crippen LogP contribution in [-0.2, 0) is 9.59 Å². The van der Waals surface area contributed by atoms with Crippen molar-refractivity contribution in [3.05, 3.63) is 53.1 Å². The number of benzene rings is 2. The van der Waals surface area contributed by atoms with E-state index in [-0.39, 0.29) is 30.6 Å². The Kier molecular flexibility index (Phi) is 6.08. The van der Waals surface area contributed by atoms with Crippen LogP contribution in [0.5, 0.6) is 0 Å². The van der Waals surface area contributed by atoms with Gasteiger partial charge in [-0.2, -0.15) is 0 Å². The molecule has 1 aliphatic rings. The van der Waals surface area contributed by atoms with Crippen molar-refractivity contribution < 1.29 is 14.4 Å². The van der Waals surface area contributed by atoms with Gasteiger partial charge in [0.1, 0.15) is 0 Å². The van der Waals surface area contributed by atoms with Gasteiger partial charge < -0.3 is 4.90 Å². The van der Waals surface area contributed by atoms with Gasteiger partial charge in [0.05, 0.1) is 15.9 Å². The molecule has 166 valence electrons. The van der Waals surface area contributed by atoms with Crippen LogP contribution in [0, 0.1) is 13.8 Å². The molecular formula is C24H26N4O3S. The van der Waals surface area contributed by atoms with Crippen LogP contribution >= 0.6 is 11.3 Å². The summed E-state index contributed by atoms with van der Waals surface area (Å²) >= 11 is 1.51. The molecule has 1 aliphatic heterocycles. The lowest BCUT2D eigenvalue weighted by atomic mass is 10.1. The van der Waals surface area contributed by atoms with Gasteiger partial charge in [0.2, 0.25) is 11.8 Å². The molecule has 7 nitrogen and oxygen atoms in total. The highest BCUT2D eigenvalue weighted by molar-refractivity contribution is 7.22. The van der Waals surface area contributed by atoms with E-state index < -0.39 is 0 Å². The number of imide groups is 1. The summed E-state index contributed by atoms with van der Waals surface area (Å²) in [5.74, 6) is -0.574. The van der Waals surface area contributed by atoms with Crippen LogP contribution in [0.4, 0.5) is 10.8 Å². The van der Waals surface area contributed by atoms with Gasteiger partial charge in [-0.3, -0.25) is 24.2 Å². The zero-order valence-electron chi connectivity index (χ0n) is 18.7. The summed E-state index contributed by atoms with van der Waals surface area (Å²) in [5, 5.41) is 0.662. The molecule has 1 aromatic heterocycles. The Morgan fingerprint density at radius 1 is 1.03 bits per heavy atom. The fourth-order valence-corrected chi connectivity index (χ4v) is 5.00. The Labute approximate surface area is 191 Å². The summed E-state index contributed by atoms with van der Waals surface area (Å²) in [7, 11) is 3.93. The predicted octanol–water partition coefficient (Wildman–Crippen LogP) is 3.77. The molecule has 32 heavy (non-hydrogen) atoms. The van der Waals surface area contributed by atoms with Crippen molar-refractivity contribution in [2.45, 2.75) is 26.7 Å². The molecular weight excluding hydrogens is 424 g/mol. The van der Waals surface area contributed by atoms with E-state index in [2.05, 4.69) is 19.1 Å². The van der Waals surface area contributed by atoms with E-state index in [9.17, 15) is 14.4 Å². The highest BCUT2D eigenvalue weighted by Crippen LogP contribution is 2.32. The molecule has 0 saturated carbocycles. The predicted molar refractivity (Wildman–Crippen MR) is 127 cm³/mol. The van der Waals surface area contributed by atoms with Gasteiger partial charge in [0.15, 0.2) is 5.13 Å². The first-order chi connectivity index (χ1) is 15.2. The third-order valence-electron chi connectivity index (χ3n) is 5.49. The van der Waals surface area contributed by atoms with Crippen molar-refractivity contribution >= 4 is 50.1 Å². The Morgan fingerprint density at radius 2 is 1.69 bits per heavy atom. The number of hydrogen-bond donors (Lipinski definition) is 0. The maximum absolute atomic E-state index is 13.5. The molecule has 3 aromatic rings. The molecule has 0 radical (unpaired) electrons. The van der Waals surface area contributed by atoms with Crippen LogP contribution in [-0.4, -0.2) is 54.8 Å². The topological polar surface area (TPSA) is 73.8 Å². The van der Waals surface area contributed by atoms with E-state index in [1.54, 1.807) is 29.2 Å². The number of carbonyl (C=O) groups excluding carboxylic acids is 3. The van der Waals surface area contributed by atoms with Gasteiger partial charge in [-0.15, -0.1) is 0 Å². The molecule has 3 amide bonds. The van der Waals surface area contributed by atoms with Crippen LogP contribution in [0.1, 0.15) is 34.3 Å². The first kappa shape index (κ1) is 22.1. The zero-order valence-corrected chi connectivity index (χ0v) is 19.5. The number of nitrogens with zero attached hydrogens (tertiary/aromatic N) is 4. The van der Waals surface area contributed by atoms with Gasteiger partial charge in [0.25, 0.3) is 5.91 Å². The average Bonchev–Trinajstić information content (AvgIpc) is 3.31. The van der Waals surface area contributed by atoms with E-state index in [1.807, 2.05) is 25.9 Å². The number of aromatic nitrogens is 1. The third-order valence-corrected chi connectivity index (χ3v) is 6.51. The van der Waals surface area contributed by atoms with Crippen LogP contribution in [0.15, 0.2) is 36.4 Å². The van der Waals surface area contributed by atoms with Crippen LogP contribution in [0.3, 0.4) is 0 Å². The summed E-state index contributed by atoms with van der Waals surface area (Å²) in [6.07, 6.45) is 0.461. The minimum Gasteiger partial charge on any atom is -0.308 e. The van der Waals surface area contributed by atoms with E-state index in [4.69, 9.17) is 4.98 Å². The molecule has 4 rings (SSSR count). The molecule has 0 bridgehead atoms. The van der Waals surface area contributed by atoms with E-state index >= 15 is 0 Å². The molecule has 1 saturated heterocycles. The molecule has 0 aliphatic carbocycles. The fraction of sp³-hybridized carbons (Fsp3) is 0.333. The summed E-state index contributed by atoms with van der Waals surface area (Å²) in [6, 6.07) is 10.8. The smallest absolute Gasteiger partial charge is 0.260 e. The lowest BCUT2D eigenvalue weighted by Crippen LogP contribution is -2.36. The number of anilines is 2. The second-order valence-electron chi connectivity index (χ2n) is 8.35. The van der Waals surface area contributed by atoms with E-state index in [0.29, 0.717) is 29.5 Å². The highest BCUT2D eigenvalue weighted by Gasteiger charge is 2.30. The molecule has 1 fully saturated rings. The SMILES string of the molecule is Cc1cc(C)c2nc(N(CCN(C)C)C(=O)c3ccc(N4C(=O)CCC4=O)cc3)sc2c1. The maximum Gasteiger partial charge on any atom is 0.260 e. The standard InChI is InChI=1S/C24H26N4O3S/c1-15-13-16(2)22-19(14-15)32-24(25-22)27(12-11-26(3)4)23(31)17-5-7-18(8-6-17)28-20(29)9-10-21(28)30/h5-8,13-14H,9-12H2,1-4H3. The Bertz CT molecular complexity index is 1180. The van der Waals surface area contributed by atoms with Gasteiger partial charge in [-0.1, -0.05) is 17.4 Å². The quantitative estimate of drug-likeness (QED) is 0.535. The summed E-state index contributed by atoms with van der Waals surface area (Å²) < 4.78 is 1.06. The molecule has 0 spiro atoms. The minimum absolute atomic E-state index is 0.161. The maximum atomic E-state index is 13.5. The van der Waals surface area contributed by atoms with Gasteiger partial charge in [-0.05, 0) is 69.4 Å². The Hall–Kier alpha value is -3.10. The van der Waals surface area contributed by atoms with E-state index in [0.717, 1.165) is 21.3 Å². The fourth-order valence-electron chi connectivity index (χ4n) is 3.83. The second kappa shape index (κ2) is 8.80. The lowest BCUT2D eigenvalue weighted by molar-refractivity contribution is -0.121. The number of rotatable bonds is 6. The van der Waals surface area contributed by atoms with Crippen molar-refractivity contribution in [2.75, 3.05) is 37.0 Å². The zero-order chi connectivity index (χ0) is 23.0. The molecule has 0 atom stereocenters. The number of amides is 3. The summed E-state index contributed by atoms with van der Waals surface area (Å²) in [6.45, 7) is 5.27. The van der Waals surface area contributed by atoms with Gasteiger partial charge >= 0.3 is 0 Å². The first-order valence-corrected chi connectivity index (χ1v) is 11.4. The Balaban J connectivity index is 1.66. The second-order valence-corrected chi connectivity index (χ2v) is 9.36. The number of fused-ring (bicyclic) bond motifs is 1.